The standard InChI is InChI=1S/C15H9Cl2NO2S3/c16-10-6-8-12(9-7-10)23(19,20)14-13(17)22-15(18-14)21-11-4-2-1-3-5-11/h1-9H. The first kappa shape index (κ1) is 16.8. The fourth-order valence-electron chi connectivity index (χ4n) is 1.79. The van der Waals surface area contributed by atoms with Gasteiger partial charge in [-0.1, -0.05) is 64.5 Å². The monoisotopic (exact) mass is 401 g/mol. The highest BCUT2D eigenvalue weighted by atomic mass is 35.5. The number of aromatic nitrogens is 1. The molecule has 0 saturated heterocycles. The Hall–Kier alpha value is -1.05. The van der Waals surface area contributed by atoms with Crippen LogP contribution >= 0.6 is 46.3 Å². The minimum absolute atomic E-state index is 0.116. The molecule has 0 unspecified atom stereocenters. The van der Waals surface area contributed by atoms with Crippen molar-refractivity contribution >= 4 is 56.1 Å². The second-order valence-electron chi connectivity index (χ2n) is 4.43. The zero-order valence-corrected chi connectivity index (χ0v) is 15.4. The summed E-state index contributed by atoms with van der Waals surface area (Å²) in [5.41, 5.74) is 0. The van der Waals surface area contributed by atoms with E-state index >= 15 is 0 Å². The fourth-order valence-corrected chi connectivity index (χ4v) is 6.09. The van der Waals surface area contributed by atoms with Gasteiger partial charge in [0.15, 0.2) is 9.37 Å². The number of sulfone groups is 1. The van der Waals surface area contributed by atoms with Crippen LogP contribution in [0.25, 0.3) is 0 Å². The highest BCUT2D eigenvalue weighted by Crippen LogP contribution is 2.38. The lowest BCUT2D eigenvalue weighted by molar-refractivity contribution is 0.592. The van der Waals surface area contributed by atoms with Gasteiger partial charge in [0.2, 0.25) is 9.84 Å². The lowest BCUT2D eigenvalue weighted by Gasteiger charge is -2.01. The number of benzene rings is 2. The molecule has 0 aliphatic rings. The van der Waals surface area contributed by atoms with Gasteiger partial charge >= 0.3 is 0 Å². The Labute approximate surface area is 152 Å². The van der Waals surface area contributed by atoms with Gasteiger partial charge in [0.05, 0.1) is 4.90 Å². The predicted octanol–water partition coefficient (Wildman–Crippen LogP) is 5.43. The third kappa shape index (κ3) is 3.72. The maximum Gasteiger partial charge on any atom is 0.226 e. The van der Waals surface area contributed by atoms with Crippen molar-refractivity contribution < 1.29 is 8.42 Å². The van der Waals surface area contributed by atoms with Crippen molar-refractivity contribution in [1.82, 2.24) is 4.98 Å². The molecule has 0 spiro atoms. The molecule has 0 N–H and O–H groups in total. The minimum Gasteiger partial charge on any atom is -0.217 e. The first-order chi connectivity index (χ1) is 11.0. The van der Waals surface area contributed by atoms with Crippen LogP contribution in [0.15, 0.2) is 73.8 Å². The van der Waals surface area contributed by atoms with Crippen molar-refractivity contribution in [1.29, 1.82) is 0 Å². The number of nitrogens with zero attached hydrogens (tertiary/aromatic N) is 1. The van der Waals surface area contributed by atoms with E-state index in [1.54, 1.807) is 0 Å². The van der Waals surface area contributed by atoms with Crippen LogP contribution in [0.2, 0.25) is 9.36 Å². The summed E-state index contributed by atoms with van der Waals surface area (Å²) in [5, 5.41) is 0.346. The lowest BCUT2D eigenvalue weighted by Crippen LogP contribution is -2.02. The van der Waals surface area contributed by atoms with Gasteiger partial charge in [-0.15, -0.1) is 0 Å². The predicted molar refractivity (Wildman–Crippen MR) is 94.6 cm³/mol. The SMILES string of the molecule is O=S(=O)(c1ccc(Cl)cc1)c1nc(Sc2ccccc2)sc1Cl. The average Bonchev–Trinajstić information content (AvgIpc) is 2.90. The lowest BCUT2D eigenvalue weighted by atomic mass is 10.4. The molecule has 0 amide bonds. The van der Waals surface area contributed by atoms with E-state index in [1.165, 1.54) is 36.0 Å². The Morgan fingerprint density at radius 2 is 1.61 bits per heavy atom. The molecule has 1 aromatic heterocycles. The Kier molecular flexibility index (Phi) is 4.98. The Morgan fingerprint density at radius 3 is 2.26 bits per heavy atom. The van der Waals surface area contributed by atoms with E-state index in [4.69, 9.17) is 23.2 Å². The summed E-state index contributed by atoms with van der Waals surface area (Å²) in [6.45, 7) is 0. The van der Waals surface area contributed by atoms with Crippen LogP contribution in [0.3, 0.4) is 0 Å². The average molecular weight is 402 g/mol. The second-order valence-corrected chi connectivity index (χ2v) is 9.65. The van der Waals surface area contributed by atoms with Crippen LogP contribution < -0.4 is 0 Å². The summed E-state index contributed by atoms with van der Waals surface area (Å²) in [6.07, 6.45) is 0. The summed E-state index contributed by atoms with van der Waals surface area (Å²) in [4.78, 5) is 5.29. The molecule has 23 heavy (non-hydrogen) atoms. The fraction of sp³-hybridized carbons (Fsp3) is 0. The van der Waals surface area contributed by atoms with Crippen LogP contribution in [-0.2, 0) is 9.84 Å². The van der Waals surface area contributed by atoms with Crippen molar-refractivity contribution in [3.05, 3.63) is 64.0 Å². The van der Waals surface area contributed by atoms with Crippen LogP contribution in [0.4, 0.5) is 0 Å². The number of hydrogen-bond acceptors (Lipinski definition) is 5. The van der Waals surface area contributed by atoms with Crippen LogP contribution in [-0.4, -0.2) is 13.4 Å². The molecule has 1 heterocycles. The summed E-state index contributed by atoms with van der Waals surface area (Å²) >= 11 is 14.4. The molecule has 2 aromatic carbocycles. The maximum atomic E-state index is 12.6. The van der Waals surface area contributed by atoms with E-state index in [9.17, 15) is 8.42 Å². The number of thiazole rings is 1. The van der Waals surface area contributed by atoms with Gasteiger partial charge in [0.1, 0.15) is 4.34 Å². The van der Waals surface area contributed by atoms with Crippen LogP contribution in [0.5, 0.6) is 0 Å². The molecule has 0 radical (unpaired) electrons. The molecule has 0 aliphatic heterocycles. The van der Waals surface area contributed by atoms with E-state index in [1.807, 2.05) is 30.3 Å². The summed E-state index contributed by atoms with van der Waals surface area (Å²) in [5.74, 6) is 0. The van der Waals surface area contributed by atoms with E-state index in [2.05, 4.69) is 4.98 Å². The second kappa shape index (κ2) is 6.83. The molecule has 8 heteroatoms. The zero-order valence-electron chi connectivity index (χ0n) is 11.4. The summed E-state index contributed by atoms with van der Waals surface area (Å²) in [6, 6.07) is 15.5. The largest absolute Gasteiger partial charge is 0.226 e. The van der Waals surface area contributed by atoms with Gasteiger partial charge in [-0.2, -0.15) is 0 Å². The molecule has 0 bridgehead atoms. The van der Waals surface area contributed by atoms with Crippen molar-refractivity contribution in [2.24, 2.45) is 0 Å². The first-order valence-corrected chi connectivity index (χ1v) is 10.2. The molecular weight excluding hydrogens is 393 g/mol. The molecule has 0 atom stereocenters. The molecule has 0 fully saturated rings. The normalized spacial score (nSPS) is 11.6. The minimum atomic E-state index is -3.76. The van der Waals surface area contributed by atoms with Crippen LogP contribution in [0.1, 0.15) is 0 Å². The van der Waals surface area contributed by atoms with Crippen LogP contribution in [0, 0.1) is 0 Å². The van der Waals surface area contributed by atoms with E-state index < -0.39 is 9.84 Å². The van der Waals surface area contributed by atoms with Crippen molar-refractivity contribution in [2.45, 2.75) is 19.2 Å². The Bertz CT molecular complexity index is 923. The van der Waals surface area contributed by atoms with Crippen molar-refractivity contribution in [3.8, 4) is 0 Å². The molecule has 0 aliphatic carbocycles. The summed E-state index contributed by atoms with van der Waals surface area (Å²) in [7, 11) is -3.76. The maximum absolute atomic E-state index is 12.6. The third-order valence-electron chi connectivity index (χ3n) is 2.86. The smallest absolute Gasteiger partial charge is 0.217 e. The van der Waals surface area contributed by atoms with E-state index in [0.717, 1.165) is 16.2 Å². The van der Waals surface area contributed by atoms with Crippen molar-refractivity contribution in [3.63, 3.8) is 0 Å². The molecule has 0 saturated carbocycles. The van der Waals surface area contributed by atoms with Crippen molar-refractivity contribution in [2.75, 3.05) is 0 Å². The van der Waals surface area contributed by atoms with E-state index in [0.29, 0.717) is 9.36 Å². The third-order valence-corrected chi connectivity index (χ3v) is 7.38. The molecule has 3 rings (SSSR count). The Balaban J connectivity index is 1.95. The number of halogens is 2. The van der Waals surface area contributed by atoms with Gasteiger partial charge in [-0.3, -0.25) is 0 Å². The quantitative estimate of drug-likeness (QED) is 0.584. The zero-order chi connectivity index (χ0) is 16.4. The van der Waals surface area contributed by atoms with Gasteiger partial charge < -0.3 is 0 Å². The molecule has 118 valence electrons. The molecular formula is C15H9Cl2NO2S3. The molecule has 3 aromatic rings. The van der Waals surface area contributed by atoms with E-state index in [-0.39, 0.29) is 14.3 Å². The van der Waals surface area contributed by atoms with Gasteiger partial charge in [-0.05, 0) is 36.4 Å². The van der Waals surface area contributed by atoms with Gasteiger partial charge in [0.25, 0.3) is 0 Å². The first-order valence-electron chi connectivity index (χ1n) is 6.37. The van der Waals surface area contributed by atoms with Gasteiger partial charge in [-0.25, -0.2) is 13.4 Å². The Morgan fingerprint density at radius 1 is 0.957 bits per heavy atom. The summed E-state index contributed by atoms with van der Waals surface area (Å²) < 4.78 is 26.0. The van der Waals surface area contributed by atoms with Gasteiger partial charge in [0, 0.05) is 9.92 Å². The topological polar surface area (TPSA) is 47.0 Å². The molecule has 3 nitrogen and oxygen atoms in total. The number of rotatable bonds is 4. The highest BCUT2D eigenvalue weighted by molar-refractivity contribution is 8.01. The highest BCUT2D eigenvalue weighted by Gasteiger charge is 2.25. The number of hydrogen-bond donors (Lipinski definition) is 0.